The van der Waals surface area contributed by atoms with Crippen LogP contribution in [0.3, 0.4) is 0 Å². The Morgan fingerprint density at radius 3 is 2.87 bits per heavy atom. The number of alkyl halides is 1. The molecule has 0 fully saturated rings. The number of rotatable bonds is 0. The van der Waals surface area contributed by atoms with E-state index in [1.165, 1.54) is 0 Å². The lowest BCUT2D eigenvalue weighted by atomic mass is 10.1. The fraction of sp³-hybridized carbons (Fsp3) is 0.0909. The average molecular weight is 262 g/mol. The van der Waals surface area contributed by atoms with Crippen LogP contribution in [0.5, 0.6) is 0 Å². The number of halogens is 1. The predicted octanol–water partition coefficient (Wildman–Crippen LogP) is 1.96. The zero-order valence-electron chi connectivity index (χ0n) is 7.87. The first-order valence-corrected chi connectivity index (χ1v) is 5.49. The van der Waals surface area contributed by atoms with Crippen molar-refractivity contribution < 1.29 is 0 Å². The number of nitrogens with two attached hydrogens (primary N) is 1. The molecule has 0 aliphatic rings. The SMILES string of the molecule is Nc1ccc2nccnc2c1C#CCBr. The average Bonchev–Trinajstić information content (AvgIpc) is 2.28. The van der Waals surface area contributed by atoms with Gasteiger partial charge in [0.05, 0.1) is 16.4 Å². The molecule has 0 aliphatic carbocycles. The van der Waals surface area contributed by atoms with Crippen LogP contribution >= 0.6 is 15.9 Å². The minimum Gasteiger partial charge on any atom is -0.398 e. The minimum absolute atomic E-state index is 0.614. The van der Waals surface area contributed by atoms with Gasteiger partial charge in [0.1, 0.15) is 5.52 Å². The third-order valence-electron chi connectivity index (χ3n) is 1.95. The molecule has 0 saturated carbocycles. The summed E-state index contributed by atoms with van der Waals surface area (Å²) >= 11 is 3.25. The summed E-state index contributed by atoms with van der Waals surface area (Å²) in [5.41, 5.74) is 8.79. The number of aromatic nitrogens is 2. The van der Waals surface area contributed by atoms with Gasteiger partial charge in [-0.05, 0) is 12.1 Å². The van der Waals surface area contributed by atoms with Gasteiger partial charge < -0.3 is 5.73 Å². The highest BCUT2D eigenvalue weighted by Crippen LogP contribution is 2.19. The van der Waals surface area contributed by atoms with E-state index in [1.54, 1.807) is 18.5 Å². The van der Waals surface area contributed by atoms with Gasteiger partial charge in [0.25, 0.3) is 0 Å². The molecule has 2 rings (SSSR count). The molecule has 2 N–H and O–H groups in total. The molecule has 0 atom stereocenters. The van der Waals surface area contributed by atoms with E-state index in [4.69, 9.17) is 5.73 Å². The molecule has 0 radical (unpaired) electrons. The summed E-state index contributed by atoms with van der Waals surface area (Å²) in [5, 5.41) is 0.614. The van der Waals surface area contributed by atoms with E-state index >= 15 is 0 Å². The van der Waals surface area contributed by atoms with Gasteiger partial charge in [0.15, 0.2) is 0 Å². The Balaban J connectivity index is 2.74. The van der Waals surface area contributed by atoms with Crippen molar-refractivity contribution in [2.24, 2.45) is 0 Å². The van der Waals surface area contributed by atoms with E-state index < -0.39 is 0 Å². The highest BCUT2D eigenvalue weighted by molar-refractivity contribution is 9.09. The molecule has 1 heterocycles. The molecule has 74 valence electrons. The Kier molecular flexibility index (Phi) is 2.84. The molecule has 0 bridgehead atoms. The maximum Gasteiger partial charge on any atom is 0.106 e. The number of anilines is 1. The van der Waals surface area contributed by atoms with Crippen molar-refractivity contribution in [1.82, 2.24) is 9.97 Å². The number of fused-ring (bicyclic) bond motifs is 1. The van der Waals surface area contributed by atoms with Crippen molar-refractivity contribution in [2.45, 2.75) is 0 Å². The number of benzene rings is 1. The van der Waals surface area contributed by atoms with Crippen LogP contribution in [-0.4, -0.2) is 15.3 Å². The first-order chi connectivity index (χ1) is 7.33. The Morgan fingerprint density at radius 2 is 2.07 bits per heavy atom. The molecule has 1 aromatic heterocycles. The van der Waals surface area contributed by atoms with E-state index in [9.17, 15) is 0 Å². The van der Waals surface area contributed by atoms with Crippen molar-refractivity contribution >= 4 is 32.7 Å². The van der Waals surface area contributed by atoms with Crippen LogP contribution in [0.15, 0.2) is 24.5 Å². The summed E-state index contributed by atoms with van der Waals surface area (Å²) in [5.74, 6) is 5.90. The van der Waals surface area contributed by atoms with Gasteiger partial charge in [-0.15, -0.1) is 0 Å². The third kappa shape index (κ3) is 1.92. The largest absolute Gasteiger partial charge is 0.398 e. The Hall–Kier alpha value is -1.60. The maximum absolute atomic E-state index is 5.84. The summed E-state index contributed by atoms with van der Waals surface area (Å²) in [6, 6.07) is 3.65. The van der Waals surface area contributed by atoms with Gasteiger partial charge in [-0.25, -0.2) is 0 Å². The van der Waals surface area contributed by atoms with Crippen molar-refractivity contribution in [3.8, 4) is 11.8 Å². The van der Waals surface area contributed by atoms with E-state index in [2.05, 4.69) is 37.7 Å². The molecule has 3 nitrogen and oxygen atoms in total. The minimum atomic E-state index is 0.614. The van der Waals surface area contributed by atoms with Gasteiger partial charge in [-0.2, -0.15) is 0 Å². The second-order valence-electron chi connectivity index (χ2n) is 2.89. The van der Waals surface area contributed by atoms with E-state index in [0.29, 0.717) is 11.0 Å². The Bertz CT molecular complexity index is 554. The predicted molar refractivity (Wildman–Crippen MR) is 64.6 cm³/mol. The fourth-order valence-electron chi connectivity index (χ4n) is 1.31. The number of hydrogen-bond acceptors (Lipinski definition) is 3. The van der Waals surface area contributed by atoms with Crippen LogP contribution in [0, 0.1) is 11.8 Å². The van der Waals surface area contributed by atoms with Crippen LogP contribution in [0.4, 0.5) is 5.69 Å². The zero-order chi connectivity index (χ0) is 10.7. The highest BCUT2D eigenvalue weighted by Gasteiger charge is 2.03. The Labute approximate surface area is 95.9 Å². The molecular formula is C11H8BrN3. The summed E-state index contributed by atoms with van der Waals surface area (Å²) < 4.78 is 0. The van der Waals surface area contributed by atoms with Crippen LogP contribution in [0.25, 0.3) is 11.0 Å². The van der Waals surface area contributed by atoms with Gasteiger partial charge in [0.2, 0.25) is 0 Å². The summed E-state index contributed by atoms with van der Waals surface area (Å²) in [4.78, 5) is 8.43. The molecule has 1 aromatic carbocycles. The lowest BCUT2D eigenvalue weighted by Gasteiger charge is -2.01. The van der Waals surface area contributed by atoms with E-state index in [0.717, 1.165) is 16.6 Å². The second-order valence-corrected chi connectivity index (χ2v) is 3.45. The molecule has 0 spiro atoms. The molecule has 0 unspecified atom stereocenters. The van der Waals surface area contributed by atoms with Crippen LogP contribution in [0.1, 0.15) is 5.56 Å². The van der Waals surface area contributed by atoms with Crippen LogP contribution in [0.2, 0.25) is 0 Å². The highest BCUT2D eigenvalue weighted by atomic mass is 79.9. The summed E-state index contributed by atoms with van der Waals surface area (Å²) in [6.45, 7) is 0. The topological polar surface area (TPSA) is 51.8 Å². The Morgan fingerprint density at radius 1 is 1.27 bits per heavy atom. The second kappa shape index (κ2) is 4.28. The zero-order valence-corrected chi connectivity index (χ0v) is 9.45. The molecule has 15 heavy (non-hydrogen) atoms. The molecule has 4 heteroatoms. The normalized spacial score (nSPS) is 9.67. The van der Waals surface area contributed by atoms with E-state index in [1.807, 2.05) is 6.07 Å². The lowest BCUT2D eigenvalue weighted by molar-refractivity contribution is 1.29. The fourth-order valence-corrected chi connectivity index (χ4v) is 1.45. The molecule has 0 aliphatic heterocycles. The summed E-state index contributed by atoms with van der Waals surface area (Å²) in [7, 11) is 0. The van der Waals surface area contributed by atoms with Crippen molar-refractivity contribution in [2.75, 3.05) is 11.1 Å². The van der Waals surface area contributed by atoms with Crippen molar-refractivity contribution in [3.63, 3.8) is 0 Å². The first-order valence-electron chi connectivity index (χ1n) is 4.37. The van der Waals surface area contributed by atoms with Crippen LogP contribution < -0.4 is 5.73 Å². The summed E-state index contributed by atoms with van der Waals surface area (Å²) in [6.07, 6.45) is 3.29. The number of nitrogens with zero attached hydrogens (tertiary/aromatic N) is 2. The monoisotopic (exact) mass is 261 g/mol. The maximum atomic E-state index is 5.84. The number of hydrogen-bond donors (Lipinski definition) is 1. The molecular weight excluding hydrogens is 254 g/mol. The van der Waals surface area contributed by atoms with Gasteiger partial charge in [-0.3, -0.25) is 9.97 Å². The number of nitrogen functional groups attached to an aromatic ring is 1. The third-order valence-corrected chi connectivity index (χ3v) is 2.23. The first kappa shape index (κ1) is 9.94. The standard InChI is InChI=1S/C11H8BrN3/c12-5-1-2-8-9(13)3-4-10-11(8)15-7-6-14-10/h3-4,6-7H,5,13H2. The molecule has 2 aromatic rings. The lowest BCUT2D eigenvalue weighted by Crippen LogP contribution is -1.94. The van der Waals surface area contributed by atoms with Gasteiger partial charge >= 0.3 is 0 Å². The van der Waals surface area contributed by atoms with Crippen molar-refractivity contribution in [1.29, 1.82) is 0 Å². The molecule has 0 saturated heterocycles. The van der Waals surface area contributed by atoms with Crippen LogP contribution in [-0.2, 0) is 0 Å². The van der Waals surface area contributed by atoms with Gasteiger partial charge in [-0.1, -0.05) is 27.8 Å². The van der Waals surface area contributed by atoms with E-state index in [-0.39, 0.29) is 0 Å². The van der Waals surface area contributed by atoms with Crippen molar-refractivity contribution in [3.05, 3.63) is 30.1 Å². The smallest absolute Gasteiger partial charge is 0.106 e. The van der Waals surface area contributed by atoms with Gasteiger partial charge in [0, 0.05) is 18.1 Å². The molecule has 0 amide bonds. The quantitative estimate of drug-likeness (QED) is 0.448.